The van der Waals surface area contributed by atoms with Crippen molar-refractivity contribution in [1.82, 2.24) is 19.2 Å². The van der Waals surface area contributed by atoms with Crippen LogP contribution in [0.4, 0.5) is 0 Å². The summed E-state index contributed by atoms with van der Waals surface area (Å²) in [6, 6.07) is 0. The Morgan fingerprint density at radius 2 is 2.00 bits per heavy atom. The number of nitrogens with one attached hydrogen (secondary N) is 1. The number of hydrogen-bond donors (Lipinski definition) is 1. The molecule has 0 saturated carbocycles. The Morgan fingerprint density at radius 3 is 2.63 bits per heavy atom. The molecule has 3 heterocycles. The van der Waals surface area contributed by atoms with Gasteiger partial charge in [-0.05, 0) is 12.8 Å². The number of rotatable bonds is 5. The lowest BCUT2D eigenvalue weighted by Crippen LogP contribution is -2.41. The van der Waals surface area contributed by atoms with E-state index < -0.39 is 10.0 Å². The predicted octanol–water partition coefficient (Wildman–Crippen LogP) is -0.170. The molecule has 0 bridgehead atoms. The maximum Gasteiger partial charge on any atom is 0.255 e. The van der Waals surface area contributed by atoms with Crippen LogP contribution in [0.5, 0.6) is 0 Å². The summed E-state index contributed by atoms with van der Waals surface area (Å²) in [5.41, 5.74) is 0.858. The third kappa shape index (κ3) is 4.56. The number of sulfonamides is 1. The van der Waals surface area contributed by atoms with E-state index in [9.17, 15) is 18.0 Å². The molecule has 0 aliphatic carbocycles. The molecule has 27 heavy (non-hydrogen) atoms. The van der Waals surface area contributed by atoms with Gasteiger partial charge in [0.25, 0.3) is 5.56 Å². The fourth-order valence-corrected chi connectivity index (χ4v) is 4.43. The van der Waals surface area contributed by atoms with Crippen molar-refractivity contribution in [2.24, 2.45) is 0 Å². The first-order valence-corrected chi connectivity index (χ1v) is 11.0. The molecule has 1 aromatic heterocycles. The van der Waals surface area contributed by atoms with E-state index in [1.165, 1.54) is 4.31 Å². The van der Waals surface area contributed by atoms with Crippen LogP contribution < -0.4 is 5.56 Å². The Balaban J connectivity index is 1.69. The normalized spacial score (nSPS) is 19.1. The molecule has 0 aromatic carbocycles. The highest BCUT2D eigenvalue weighted by Crippen LogP contribution is 2.26. The number of carbonyl (C=O) groups is 1. The number of hydrogen-bond acceptors (Lipinski definition) is 6. The average molecular weight is 398 g/mol. The minimum absolute atomic E-state index is 0.0726. The predicted molar refractivity (Wildman–Crippen MR) is 98.9 cm³/mol. The second-order valence-corrected chi connectivity index (χ2v) is 9.10. The van der Waals surface area contributed by atoms with Gasteiger partial charge in [-0.1, -0.05) is 0 Å². The molecule has 0 spiro atoms. The Morgan fingerprint density at radius 1 is 1.30 bits per heavy atom. The summed E-state index contributed by atoms with van der Waals surface area (Å²) >= 11 is 0. The first kappa shape index (κ1) is 20.0. The van der Waals surface area contributed by atoms with Gasteiger partial charge in [-0.2, -0.15) is 4.31 Å². The van der Waals surface area contributed by atoms with Crippen molar-refractivity contribution < 1.29 is 17.9 Å². The van der Waals surface area contributed by atoms with Crippen molar-refractivity contribution in [3.05, 3.63) is 27.4 Å². The average Bonchev–Trinajstić information content (AvgIpc) is 2.65. The smallest absolute Gasteiger partial charge is 0.255 e. The van der Waals surface area contributed by atoms with Crippen LogP contribution in [-0.2, 0) is 32.5 Å². The minimum Gasteiger partial charge on any atom is -0.384 e. The lowest BCUT2D eigenvalue weighted by atomic mass is 9.95. The number of likely N-dealkylation sites (tertiary alicyclic amines) is 1. The zero-order valence-electron chi connectivity index (χ0n) is 15.7. The molecule has 1 fully saturated rings. The van der Waals surface area contributed by atoms with Gasteiger partial charge in [-0.3, -0.25) is 9.59 Å². The fourth-order valence-electron chi connectivity index (χ4n) is 3.65. The number of piperidine rings is 1. The molecule has 1 amide bonds. The van der Waals surface area contributed by atoms with Crippen LogP contribution in [0, 0.1) is 0 Å². The summed E-state index contributed by atoms with van der Waals surface area (Å²) in [5, 5.41) is 0. The van der Waals surface area contributed by atoms with E-state index in [-0.39, 0.29) is 23.9 Å². The third-order valence-electron chi connectivity index (χ3n) is 5.28. The van der Waals surface area contributed by atoms with Crippen LogP contribution in [0.15, 0.2) is 4.79 Å². The van der Waals surface area contributed by atoms with E-state index in [2.05, 4.69) is 9.97 Å². The van der Waals surface area contributed by atoms with E-state index in [1.54, 1.807) is 7.11 Å². The Bertz CT molecular complexity index is 859. The topological polar surface area (TPSA) is 113 Å². The fraction of sp³-hybridized carbons (Fsp3) is 0.706. The summed E-state index contributed by atoms with van der Waals surface area (Å²) < 4.78 is 29.7. The highest BCUT2D eigenvalue weighted by Gasteiger charge is 2.29. The van der Waals surface area contributed by atoms with Gasteiger partial charge in [0.1, 0.15) is 5.82 Å². The van der Waals surface area contributed by atoms with Crippen LogP contribution in [0.25, 0.3) is 0 Å². The van der Waals surface area contributed by atoms with E-state index in [4.69, 9.17) is 4.74 Å². The van der Waals surface area contributed by atoms with Gasteiger partial charge in [0, 0.05) is 45.6 Å². The Hall–Kier alpha value is -1.78. The molecule has 2 aliphatic heterocycles. The number of methoxy groups -OCH3 is 1. The lowest BCUT2D eigenvalue weighted by molar-refractivity contribution is -0.133. The molecule has 150 valence electrons. The molecule has 1 aromatic rings. The van der Waals surface area contributed by atoms with Gasteiger partial charge in [0.05, 0.1) is 30.5 Å². The first-order valence-electron chi connectivity index (χ1n) is 9.13. The summed E-state index contributed by atoms with van der Waals surface area (Å²) in [5.74, 6) is 0.834. The second-order valence-electron chi connectivity index (χ2n) is 7.12. The van der Waals surface area contributed by atoms with Crippen molar-refractivity contribution >= 4 is 15.9 Å². The van der Waals surface area contributed by atoms with Crippen molar-refractivity contribution in [3.8, 4) is 0 Å². The molecule has 0 radical (unpaired) electrons. The van der Waals surface area contributed by atoms with Gasteiger partial charge in [0.2, 0.25) is 15.9 Å². The molecular formula is C17H26N4O5S. The van der Waals surface area contributed by atoms with Crippen LogP contribution in [0.1, 0.15) is 42.3 Å². The van der Waals surface area contributed by atoms with Gasteiger partial charge >= 0.3 is 0 Å². The highest BCUT2D eigenvalue weighted by molar-refractivity contribution is 7.88. The van der Waals surface area contributed by atoms with Crippen LogP contribution >= 0.6 is 0 Å². The number of aromatic amines is 1. The second kappa shape index (κ2) is 8.07. The van der Waals surface area contributed by atoms with Gasteiger partial charge in [-0.15, -0.1) is 0 Å². The van der Waals surface area contributed by atoms with Gasteiger partial charge in [-0.25, -0.2) is 13.4 Å². The Labute approximate surface area is 158 Å². The Kier molecular flexibility index (Phi) is 5.97. The summed E-state index contributed by atoms with van der Waals surface area (Å²) in [4.78, 5) is 33.9. The number of fused-ring (bicyclic) bond motifs is 1. The molecule has 1 N–H and O–H groups in total. The van der Waals surface area contributed by atoms with Gasteiger partial charge < -0.3 is 14.6 Å². The molecule has 9 nitrogen and oxygen atoms in total. The zero-order valence-corrected chi connectivity index (χ0v) is 16.5. The van der Waals surface area contributed by atoms with Crippen molar-refractivity contribution in [2.75, 3.05) is 39.6 Å². The maximum atomic E-state index is 12.5. The van der Waals surface area contributed by atoms with E-state index in [1.807, 2.05) is 4.90 Å². The number of amides is 1. The molecule has 2 aliphatic rings. The number of H-pyrrole nitrogens is 1. The van der Waals surface area contributed by atoms with E-state index in [0.717, 1.165) is 19.1 Å². The van der Waals surface area contributed by atoms with Crippen molar-refractivity contribution in [2.45, 2.75) is 38.1 Å². The minimum atomic E-state index is -3.33. The number of aromatic nitrogens is 2. The van der Waals surface area contributed by atoms with E-state index >= 15 is 0 Å². The zero-order chi connectivity index (χ0) is 19.6. The molecular weight excluding hydrogens is 372 g/mol. The van der Waals surface area contributed by atoms with Crippen LogP contribution in [0.3, 0.4) is 0 Å². The molecule has 0 atom stereocenters. The van der Waals surface area contributed by atoms with Gasteiger partial charge in [0.15, 0.2) is 0 Å². The molecule has 1 saturated heterocycles. The molecule has 0 unspecified atom stereocenters. The highest BCUT2D eigenvalue weighted by atomic mass is 32.2. The number of carbonyl (C=O) groups excluding carboxylic acids is 1. The summed E-state index contributed by atoms with van der Waals surface area (Å²) in [7, 11) is -1.75. The first-order chi connectivity index (χ1) is 12.8. The molecule has 3 rings (SSSR count). The van der Waals surface area contributed by atoms with Crippen molar-refractivity contribution in [1.29, 1.82) is 0 Å². The summed E-state index contributed by atoms with van der Waals surface area (Å²) in [6.45, 7) is 2.10. The largest absolute Gasteiger partial charge is 0.384 e. The van der Waals surface area contributed by atoms with Crippen LogP contribution in [-0.4, -0.2) is 73.1 Å². The lowest BCUT2D eigenvalue weighted by Gasteiger charge is -2.32. The summed E-state index contributed by atoms with van der Waals surface area (Å²) in [6.07, 6.45) is 3.46. The number of ether oxygens (including phenoxy) is 1. The monoisotopic (exact) mass is 398 g/mol. The number of nitrogens with zero attached hydrogens (tertiary/aromatic N) is 3. The maximum absolute atomic E-state index is 12.5. The quantitative estimate of drug-likeness (QED) is 0.737. The van der Waals surface area contributed by atoms with Crippen LogP contribution in [0.2, 0.25) is 0 Å². The SMILES string of the molecule is COCCC(=O)N1CCC(c2nc3c(c(=O)[nH]2)CN(S(C)(=O)=O)CC3)CC1. The standard InChI is InChI=1S/C17H26N4O5S/c1-26-10-6-15(22)20-7-3-12(4-8-20)16-18-14-5-9-21(27(2,24)25)11-13(14)17(23)19-16/h12H,3-11H2,1-2H3,(H,18,19,23). The van der Waals surface area contributed by atoms with Crippen molar-refractivity contribution in [3.63, 3.8) is 0 Å². The van der Waals surface area contributed by atoms with E-state index in [0.29, 0.717) is 56.2 Å². The molecule has 10 heteroatoms. The third-order valence-corrected chi connectivity index (χ3v) is 6.53.